The van der Waals surface area contributed by atoms with Gasteiger partial charge in [0.15, 0.2) is 0 Å². The second kappa shape index (κ2) is 9.12. The molecule has 0 saturated carbocycles. The van der Waals surface area contributed by atoms with E-state index in [4.69, 9.17) is 17.0 Å². The van der Waals surface area contributed by atoms with Gasteiger partial charge in [0.2, 0.25) is 0 Å². The van der Waals surface area contributed by atoms with Crippen LogP contribution < -0.4 is 10.5 Å². The lowest BCUT2D eigenvalue weighted by molar-refractivity contribution is -0.122. The van der Waals surface area contributed by atoms with Crippen LogP contribution in [-0.4, -0.2) is 78.1 Å². The third-order valence-electron chi connectivity index (χ3n) is 5.80. The summed E-state index contributed by atoms with van der Waals surface area (Å²) in [6.45, 7) is 4.29. The van der Waals surface area contributed by atoms with Crippen molar-refractivity contribution >= 4 is 56.9 Å². The smallest absolute Gasteiger partial charge is 0.266 e. The van der Waals surface area contributed by atoms with Crippen molar-refractivity contribution in [3.05, 3.63) is 45.1 Å². The molecule has 0 N–H and O–H groups in total. The van der Waals surface area contributed by atoms with Gasteiger partial charge in [-0.3, -0.25) is 14.5 Å². The first-order chi connectivity index (χ1) is 14.9. The van der Waals surface area contributed by atoms with Crippen LogP contribution in [0.25, 0.3) is 17.0 Å². The lowest BCUT2D eigenvalue weighted by Gasteiger charge is -2.35. The first kappa shape index (κ1) is 22.0. The van der Waals surface area contributed by atoms with Gasteiger partial charge >= 0.3 is 0 Å². The molecular weight excluding hydrogens is 432 g/mol. The van der Waals surface area contributed by atoms with Crippen LogP contribution >= 0.6 is 24.0 Å². The molecule has 31 heavy (non-hydrogen) atoms. The summed E-state index contributed by atoms with van der Waals surface area (Å²) in [5.41, 5.74) is 2.20. The Morgan fingerprint density at radius 1 is 1.13 bits per heavy atom. The Morgan fingerprint density at radius 2 is 1.84 bits per heavy atom. The number of methoxy groups -OCH3 is 1. The summed E-state index contributed by atoms with van der Waals surface area (Å²) < 4.78 is 7.25. The molecule has 0 unspecified atom stereocenters. The Hall–Kier alpha value is -2.20. The van der Waals surface area contributed by atoms with Gasteiger partial charge in [0.1, 0.15) is 4.32 Å². The Morgan fingerprint density at radius 3 is 2.55 bits per heavy atom. The van der Waals surface area contributed by atoms with Crippen LogP contribution in [0.5, 0.6) is 0 Å². The van der Waals surface area contributed by atoms with Crippen LogP contribution in [0.15, 0.2) is 34.0 Å². The second-order valence-electron chi connectivity index (χ2n) is 7.76. The molecule has 2 aliphatic rings. The maximum atomic E-state index is 13.4. The predicted molar refractivity (Wildman–Crippen MR) is 131 cm³/mol. The van der Waals surface area contributed by atoms with Crippen molar-refractivity contribution in [1.82, 2.24) is 14.4 Å². The highest BCUT2D eigenvalue weighted by molar-refractivity contribution is 8.26. The molecular formula is C22H26N4O3S2. The minimum Gasteiger partial charge on any atom is -0.383 e. The predicted octanol–water partition coefficient (Wildman–Crippen LogP) is 2.14. The number of thioether (sulfide) groups is 1. The number of likely N-dealkylation sites (N-methyl/N-ethyl adjacent to an activating group) is 1. The average molecular weight is 459 g/mol. The van der Waals surface area contributed by atoms with Crippen molar-refractivity contribution in [3.63, 3.8) is 0 Å². The molecule has 1 aromatic heterocycles. The van der Waals surface area contributed by atoms with E-state index in [9.17, 15) is 9.59 Å². The van der Waals surface area contributed by atoms with Gasteiger partial charge < -0.3 is 19.1 Å². The normalized spacial score (nSPS) is 19.3. The molecule has 1 aromatic carbocycles. The molecule has 1 amide bonds. The third kappa shape index (κ3) is 4.15. The van der Waals surface area contributed by atoms with Gasteiger partial charge in [0.05, 0.1) is 34.8 Å². The van der Waals surface area contributed by atoms with Gasteiger partial charge in [-0.2, -0.15) is 0 Å². The summed E-state index contributed by atoms with van der Waals surface area (Å²) in [6, 6.07) is 7.93. The maximum absolute atomic E-state index is 13.4. The highest BCUT2D eigenvalue weighted by atomic mass is 32.2. The number of ether oxygens (including phenoxy) is 1. The zero-order valence-electron chi connectivity index (χ0n) is 18.0. The Kier molecular flexibility index (Phi) is 6.47. The van der Waals surface area contributed by atoms with Crippen molar-refractivity contribution in [2.75, 3.05) is 58.4 Å². The van der Waals surface area contributed by atoms with Crippen LogP contribution in [0.2, 0.25) is 0 Å². The number of aromatic nitrogens is 1. The van der Waals surface area contributed by atoms with E-state index < -0.39 is 0 Å². The molecule has 0 bridgehead atoms. The number of amides is 1. The van der Waals surface area contributed by atoms with E-state index in [1.54, 1.807) is 24.8 Å². The number of piperazine rings is 1. The highest BCUT2D eigenvalue weighted by Crippen LogP contribution is 2.36. The van der Waals surface area contributed by atoms with E-state index in [-0.39, 0.29) is 11.5 Å². The van der Waals surface area contributed by atoms with Gasteiger partial charge in [0.25, 0.3) is 11.5 Å². The molecule has 2 aromatic rings. The maximum Gasteiger partial charge on any atom is 0.266 e. The van der Waals surface area contributed by atoms with Gasteiger partial charge in [-0.15, -0.1) is 0 Å². The number of pyridine rings is 1. The molecule has 3 heterocycles. The van der Waals surface area contributed by atoms with Gasteiger partial charge in [-0.1, -0.05) is 42.2 Å². The summed E-state index contributed by atoms with van der Waals surface area (Å²) in [5, 5.41) is 1.01. The number of rotatable bonds is 5. The van der Waals surface area contributed by atoms with Crippen LogP contribution in [0.1, 0.15) is 5.56 Å². The number of nitrogens with zero attached hydrogens (tertiary/aromatic N) is 4. The Bertz CT molecular complexity index is 1120. The molecule has 0 radical (unpaired) electrons. The zero-order chi connectivity index (χ0) is 22.1. The van der Waals surface area contributed by atoms with E-state index >= 15 is 0 Å². The van der Waals surface area contributed by atoms with E-state index in [1.807, 2.05) is 24.3 Å². The van der Waals surface area contributed by atoms with Gasteiger partial charge in [-0.05, 0) is 19.2 Å². The van der Waals surface area contributed by atoms with Gasteiger partial charge in [0, 0.05) is 45.7 Å². The number of carbonyl (C=O) groups excluding carboxylic acids is 1. The van der Waals surface area contributed by atoms with Crippen molar-refractivity contribution in [1.29, 1.82) is 0 Å². The zero-order valence-corrected chi connectivity index (χ0v) is 19.6. The van der Waals surface area contributed by atoms with E-state index in [2.05, 4.69) is 16.8 Å². The quantitative estimate of drug-likeness (QED) is 0.503. The number of anilines is 1. The van der Waals surface area contributed by atoms with Crippen LogP contribution in [-0.2, 0) is 16.6 Å². The van der Waals surface area contributed by atoms with Crippen molar-refractivity contribution in [3.8, 4) is 0 Å². The largest absolute Gasteiger partial charge is 0.383 e. The molecule has 9 heteroatoms. The summed E-state index contributed by atoms with van der Waals surface area (Å²) in [5.74, 6) is -0.174. The minimum atomic E-state index is -0.174. The van der Waals surface area contributed by atoms with Crippen molar-refractivity contribution in [2.45, 2.75) is 0 Å². The molecule has 2 fully saturated rings. The molecule has 2 saturated heterocycles. The number of fused-ring (bicyclic) bond motifs is 1. The van der Waals surface area contributed by atoms with Crippen LogP contribution in [0.3, 0.4) is 0 Å². The molecule has 164 valence electrons. The third-order valence-corrected chi connectivity index (χ3v) is 7.18. The molecule has 4 rings (SSSR count). The number of aryl methyl sites for hydroxylation is 1. The second-order valence-corrected chi connectivity index (χ2v) is 9.44. The molecule has 0 spiro atoms. The van der Waals surface area contributed by atoms with Gasteiger partial charge in [-0.25, -0.2) is 0 Å². The Labute approximate surface area is 191 Å². The van der Waals surface area contributed by atoms with Crippen molar-refractivity contribution < 1.29 is 9.53 Å². The lowest BCUT2D eigenvalue weighted by Crippen LogP contribution is -2.45. The fourth-order valence-corrected chi connectivity index (χ4v) is 5.30. The monoisotopic (exact) mass is 458 g/mol. The number of hydrogen-bond donors (Lipinski definition) is 0. The number of thiocarbonyl (C=S) groups is 1. The SMILES string of the molecule is COCCN1C(=O)C(=Cc2c(N3CCN(C)CC3)c3ccccc3n(C)c2=O)SC1=S. The first-order valence-electron chi connectivity index (χ1n) is 10.2. The number of benzene rings is 1. The first-order valence-corrected chi connectivity index (χ1v) is 11.4. The average Bonchev–Trinajstić information content (AvgIpc) is 3.04. The number of carbonyl (C=O) groups is 1. The minimum absolute atomic E-state index is 0.116. The molecule has 7 nitrogen and oxygen atoms in total. The summed E-state index contributed by atoms with van der Waals surface area (Å²) in [4.78, 5) is 33.0. The van der Waals surface area contributed by atoms with Crippen LogP contribution in [0, 0.1) is 0 Å². The number of hydrogen-bond acceptors (Lipinski definition) is 7. The van der Waals surface area contributed by atoms with Crippen LogP contribution in [0.4, 0.5) is 5.69 Å². The molecule has 0 atom stereocenters. The fourth-order valence-electron chi connectivity index (χ4n) is 4.01. The topological polar surface area (TPSA) is 58.0 Å². The standard InChI is InChI=1S/C22H26N4O3S2/c1-23-8-10-25(11-9-23)19-15-6-4-5-7-17(15)24(2)20(27)16(19)14-18-21(28)26(12-13-29-3)22(30)31-18/h4-7,14H,8-13H2,1-3H3. The van der Waals surface area contributed by atoms with E-state index in [0.29, 0.717) is 27.9 Å². The highest BCUT2D eigenvalue weighted by Gasteiger charge is 2.33. The summed E-state index contributed by atoms with van der Waals surface area (Å²) >= 11 is 6.64. The molecule has 0 aliphatic carbocycles. The fraction of sp³-hybridized carbons (Fsp3) is 0.409. The van der Waals surface area contributed by atoms with Crippen molar-refractivity contribution in [2.24, 2.45) is 7.05 Å². The lowest BCUT2D eigenvalue weighted by atomic mass is 10.1. The van der Waals surface area contributed by atoms with E-state index in [0.717, 1.165) is 42.8 Å². The van der Waals surface area contributed by atoms with E-state index in [1.165, 1.54) is 16.7 Å². The Balaban J connectivity index is 1.86. The summed E-state index contributed by atoms with van der Waals surface area (Å²) in [7, 11) is 5.47. The molecule has 2 aliphatic heterocycles. The number of para-hydroxylation sites is 1. The summed E-state index contributed by atoms with van der Waals surface area (Å²) in [6.07, 6.45) is 1.73.